The second-order valence-corrected chi connectivity index (χ2v) is 7.73. The zero-order valence-electron chi connectivity index (χ0n) is 16.4. The van der Waals surface area contributed by atoms with Gasteiger partial charge in [-0.2, -0.15) is 0 Å². The average molecular weight is 374 g/mol. The lowest BCUT2D eigenvalue weighted by molar-refractivity contribution is -0.660. The molecule has 6 aromatic rings. The van der Waals surface area contributed by atoms with Crippen molar-refractivity contribution in [2.75, 3.05) is 0 Å². The molecule has 0 saturated carbocycles. The van der Waals surface area contributed by atoms with E-state index in [9.17, 15) is 0 Å². The van der Waals surface area contributed by atoms with Crippen molar-refractivity contribution in [2.45, 2.75) is 6.92 Å². The van der Waals surface area contributed by atoms with Crippen LogP contribution in [0.1, 0.15) is 5.56 Å². The maximum atomic E-state index is 6.68. The first-order valence-corrected chi connectivity index (χ1v) is 9.94. The molecule has 6 rings (SSSR count). The summed E-state index contributed by atoms with van der Waals surface area (Å²) in [7, 11) is 2.08. The van der Waals surface area contributed by atoms with Crippen LogP contribution in [0.4, 0.5) is 0 Å². The van der Waals surface area contributed by atoms with Gasteiger partial charge in [0.25, 0.3) is 0 Å². The van der Waals surface area contributed by atoms with Crippen LogP contribution in [0.15, 0.2) is 89.5 Å². The molecule has 0 fully saturated rings. The molecular weight excluding hydrogens is 354 g/mol. The first-order valence-electron chi connectivity index (χ1n) is 9.94. The lowest BCUT2D eigenvalue weighted by Gasteiger charge is -2.06. The van der Waals surface area contributed by atoms with Crippen LogP contribution in [-0.4, -0.2) is 0 Å². The molecule has 0 aliphatic rings. The van der Waals surface area contributed by atoms with Crippen LogP contribution in [0.2, 0.25) is 0 Å². The lowest BCUT2D eigenvalue weighted by atomic mass is 9.95. The molecule has 0 atom stereocenters. The molecule has 0 unspecified atom stereocenters. The number of furan rings is 1. The summed E-state index contributed by atoms with van der Waals surface area (Å²) in [6, 6.07) is 27.9. The van der Waals surface area contributed by atoms with Crippen LogP contribution in [0.25, 0.3) is 54.7 Å². The van der Waals surface area contributed by atoms with E-state index < -0.39 is 0 Å². The molecule has 29 heavy (non-hydrogen) atoms. The molecular formula is C27H20NO+. The van der Waals surface area contributed by atoms with Gasteiger partial charge in [-0.05, 0) is 34.7 Å². The molecule has 2 heteroatoms. The maximum absolute atomic E-state index is 6.68. The predicted molar refractivity (Wildman–Crippen MR) is 120 cm³/mol. The highest BCUT2D eigenvalue weighted by molar-refractivity contribution is 6.30. The van der Waals surface area contributed by atoms with Crippen molar-refractivity contribution in [3.05, 3.63) is 90.6 Å². The Morgan fingerprint density at radius 3 is 2.03 bits per heavy atom. The van der Waals surface area contributed by atoms with Gasteiger partial charge in [-0.25, -0.2) is 4.57 Å². The smallest absolute Gasteiger partial charge is 0.216 e. The van der Waals surface area contributed by atoms with Crippen molar-refractivity contribution >= 4 is 43.5 Å². The molecule has 0 bridgehead atoms. The number of pyridine rings is 1. The summed E-state index contributed by atoms with van der Waals surface area (Å²) in [5, 5.41) is 7.29. The van der Waals surface area contributed by atoms with Crippen molar-refractivity contribution in [3.8, 4) is 11.3 Å². The Hall–Kier alpha value is -3.65. The number of fused-ring (bicyclic) bond motifs is 8. The Bertz CT molecular complexity index is 1570. The third-order valence-corrected chi connectivity index (χ3v) is 6.04. The fourth-order valence-corrected chi connectivity index (χ4v) is 4.67. The Morgan fingerprint density at radius 2 is 1.28 bits per heavy atom. The van der Waals surface area contributed by atoms with Gasteiger partial charge < -0.3 is 4.42 Å². The Morgan fingerprint density at radius 1 is 0.621 bits per heavy atom. The lowest BCUT2D eigenvalue weighted by Crippen LogP contribution is -2.30. The van der Waals surface area contributed by atoms with E-state index >= 15 is 0 Å². The summed E-state index contributed by atoms with van der Waals surface area (Å²) in [6.07, 6.45) is 2.08. The van der Waals surface area contributed by atoms with Crippen LogP contribution in [0, 0.1) is 6.92 Å². The van der Waals surface area contributed by atoms with E-state index in [0.717, 1.165) is 22.4 Å². The van der Waals surface area contributed by atoms with Crippen molar-refractivity contribution < 1.29 is 8.98 Å². The molecule has 2 aromatic heterocycles. The molecule has 0 aliphatic heterocycles. The number of hydrogen-bond acceptors (Lipinski definition) is 1. The molecule has 0 saturated heterocycles. The van der Waals surface area contributed by atoms with E-state index in [0.29, 0.717) is 0 Å². The van der Waals surface area contributed by atoms with Gasteiger partial charge >= 0.3 is 0 Å². The third-order valence-electron chi connectivity index (χ3n) is 6.04. The molecule has 138 valence electrons. The minimum absolute atomic E-state index is 0.961. The van der Waals surface area contributed by atoms with Crippen molar-refractivity contribution in [3.63, 3.8) is 0 Å². The van der Waals surface area contributed by atoms with Crippen molar-refractivity contribution in [1.82, 2.24) is 0 Å². The van der Waals surface area contributed by atoms with Gasteiger partial charge in [0.2, 0.25) is 5.69 Å². The predicted octanol–water partition coefficient (Wildman–Crippen LogP) is 6.69. The topological polar surface area (TPSA) is 17.0 Å². The fraction of sp³-hybridized carbons (Fsp3) is 0.0741. The van der Waals surface area contributed by atoms with Crippen LogP contribution in [0.3, 0.4) is 0 Å². The van der Waals surface area contributed by atoms with E-state index in [-0.39, 0.29) is 0 Å². The number of rotatable bonds is 1. The standard InChI is InChI=1S/C27H20NO/c1-17-14-15-22-25-20-11-5-3-9-18(20)19-10-4-6-12-21(19)26(25)29-27(22)24(17)23-13-7-8-16-28(23)2/h3-16H,1-2H3/q+1. The van der Waals surface area contributed by atoms with Gasteiger partial charge in [0, 0.05) is 28.3 Å². The first-order chi connectivity index (χ1) is 14.2. The normalized spacial score (nSPS) is 11.8. The summed E-state index contributed by atoms with van der Waals surface area (Å²) in [4.78, 5) is 0. The maximum Gasteiger partial charge on any atom is 0.216 e. The molecule has 0 spiro atoms. The van der Waals surface area contributed by atoms with E-state index in [1.807, 2.05) is 0 Å². The Balaban J connectivity index is 1.90. The highest BCUT2D eigenvalue weighted by atomic mass is 16.3. The van der Waals surface area contributed by atoms with Crippen molar-refractivity contribution in [1.29, 1.82) is 0 Å². The van der Waals surface area contributed by atoms with Crippen LogP contribution < -0.4 is 4.57 Å². The van der Waals surface area contributed by atoms with Gasteiger partial charge in [-0.1, -0.05) is 60.7 Å². The zero-order valence-corrected chi connectivity index (χ0v) is 16.4. The van der Waals surface area contributed by atoms with Gasteiger partial charge in [-0.3, -0.25) is 0 Å². The Kier molecular flexibility index (Phi) is 3.33. The number of aromatic nitrogens is 1. The largest absolute Gasteiger partial charge is 0.454 e. The van der Waals surface area contributed by atoms with Gasteiger partial charge in [-0.15, -0.1) is 0 Å². The van der Waals surface area contributed by atoms with Crippen LogP contribution >= 0.6 is 0 Å². The minimum atomic E-state index is 0.961. The molecule has 2 heterocycles. The van der Waals surface area contributed by atoms with Crippen molar-refractivity contribution in [2.24, 2.45) is 7.05 Å². The molecule has 0 N–H and O–H groups in total. The van der Waals surface area contributed by atoms with E-state index in [1.54, 1.807) is 0 Å². The third kappa shape index (κ3) is 2.20. The minimum Gasteiger partial charge on any atom is -0.454 e. The molecule has 0 amide bonds. The zero-order chi connectivity index (χ0) is 19.5. The van der Waals surface area contributed by atoms with E-state index in [4.69, 9.17) is 4.42 Å². The van der Waals surface area contributed by atoms with Gasteiger partial charge in [0.1, 0.15) is 18.2 Å². The van der Waals surface area contributed by atoms with Gasteiger partial charge in [0.05, 0.1) is 5.56 Å². The average Bonchev–Trinajstić information content (AvgIpc) is 3.15. The van der Waals surface area contributed by atoms with Crippen LogP contribution in [0.5, 0.6) is 0 Å². The molecule has 0 radical (unpaired) electrons. The Labute approximate surface area is 168 Å². The van der Waals surface area contributed by atoms with E-state index in [1.165, 1.54) is 37.9 Å². The fourth-order valence-electron chi connectivity index (χ4n) is 4.67. The highest BCUT2D eigenvalue weighted by Gasteiger charge is 2.22. The molecule has 0 aliphatic carbocycles. The SMILES string of the molecule is Cc1ccc2c(oc3c4ccccc4c4ccccc4c23)c1-c1cccc[n+]1C. The number of nitrogens with zero attached hydrogens (tertiary/aromatic N) is 1. The summed E-state index contributed by atoms with van der Waals surface area (Å²) in [5.74, 6) is 0. The molecule has 4 aromatic carbocycles. The summed E-state index contributed by atoms with van der Waals surface area (Å²) >= 11 is 0. The van der Waals surface area contributed by atoms with Gasteiger partial charge in [0.15, 0.2) is 6.20 Å². The highest BCUT2D eigenvalue weighted by Crippen LogP contribution is 2.43. The second-order valence-electron chi connectivity index (χ2n) is 7.73. The summed E-state index contributed by atoms with van der Waals surface area (Å²) in [5.41, 5.74) is 5.47. The summed E-state index contributed by atoms with van der Waals surface area (Å²) < 4.78 is 8.84. The monoisotopic (exact) mass is 374 g/mol. The number of aryl methyl sites for hydroxylation is 2. The number of benzene rings is 4. The second kappa shape index (κ2) is 5.92. The summed E-state index contributed by atoms with van der Waals surface area (Å²) in [6.45, 7) is 2.16. The quantitative estimate of drug-likeness (QED) is 0.231. The van der Waals surface area contributed by atoms with E-state index in [2.05, 4.69) is 104 Å². The first kappa shape index (κ1) is 16.3. The molecule has 2 nitrogen and oxygen atoms in total. The number of hydrogen-bond donors (Lipinski definition) is 0. The van der Waals surface area contributed by atoms with Crippen LogP contribution in [-0.2, 0) is 7.05 Å².